The van der Waals surface area contributed by atoms with Gasteiger partial charge in [-0.25, -0.2) is 31.7 Å². The quantitative estimate of drug-likeness (QED) is 0.254. The minimum atomic E-state index is -2.78. The number of alkyl halides is 4. The summed E-state index contributed by atoms with van der Waals surface area (Å²) in [4.78, 5) is 30.9. The molecule has 2 amide bonds. The van der Waals surface area contributed by atoms with Crippen LogP contribution in [0, 0.1) is 23.7 Å². The molecule has 11 nitrogen and oxygen atoms in total. The van der Waals surface area contributed by atoms with E-state index in [9.17, 15) is 32.3 Å². The molecule has 4 saturated carbocycles. The van der Waals surface area contributed by atoms with Crippen LogP contribution in [0.2, 0.25) is 0 Å². The van der Waals surface area contributed by atoms with Crippen molar-refractivity contribution < 1.29 is 36.9 Å². The molecule has 0 aromatic carbocycles. The summed E-state index contributed by atoms with van der Waals surface area (Å²) in [5.74, 6) is -6.90. The smallest absolute Gasteiger partial charge is 0.276 e. The summed E-state index contributed by atoms with van der Waals surface area (Å²) in [6.45, 7) is 0. The number of nitrogens with one attached hydrogen (secondary N) is 2. The average molecular weight is 634 g/mol. The van der Waals surface area contributed by atoms with E-state index in [0.29, 0.717) is 11.3 Å². The SMILES string of the molecule is O=C(CC1CC(F)(F)C1)N[C@@H](c1cnn2cc(C(NC(=O)c3nonc3[C@H](O)C3CC3)C3CCC(F)(F)CC3)nc2c1)C1CC1. The predicted octanol–water partition coefficient (Wildman–Crippen LogP) is 4.86. The van der Waals surface area contributed by atoms with E-state index in [2.05, 4.69) is 26.0 Å². The number of nitrogens with zero attached hydrogens (tertiary/aromatic N) is 5. The molecule has 242 valence electrons. The highest BCUT2D eigenvalue weighted by Gasteiger charge is 2.46. The molecule has 4 fully saturated rings. The minimum Gasteiger partial charge on any atom is -0.386 e. The highest BCUT2D eigenvalue weighted by atomic mass is 19.3. The number of amides is 2. The van der Waals surface area contributed by atoms with Gasteiger partial charge in [0, 0.05) is 32.1 Å². The summed E-state index contributed by atoms with van der Waals surface area (Å²) in [7, 11) is 0. The van der Waals surface area contributed by atoms with Crippen LogP contribution >= 0.6 is 0 Å². The van der Waals surface area contributed by atoms with Crippen LogP contribution in [0.4, 0.5) is 17.6 Å². The van der Waals surface area contributed by atoms with Crippen LogP contribution in [0.1, 0.15) is 116 Å². The Morgan fingerprint density at radius 1 is 0.956 bits per heavy atom. The van der Waals surface area contributed by atoms with Gasteiger partial charge in [-0.1, -0.05) is 5.16 Å². The Labute approximate surface area is 255 Å². The van der Waals surface area contributed by atoms with E-state index in [-0.39, 0.29) is 92.0 Å². The molecule has 7 rings (SSSR count). The zero-order valence-electron chi connectivity index (χ0n) is 24.5. The second-order valence-electron chi connectivity index (χ2n) is 13.4. The van der Waals surface area contributed by atoms with Crippen molar-refractivity contribution in [2.45, 2.75) is 101 Å². The maximum Gasteiger partial charge on any atom is 0.276 e. The summed E-state index contributed by atoms with van der Waals surface area (Å²) < 4.78 is 61.0. The maximum atomic E-state index is 14.1. The van der Waals surface area contributed by atoms with Gasteiger partial charge in [-0.15, -0.1) is 0 Å². The fraction of sp³-hybridized carbons (Fsp3) is 0.667. The lowest BCUT2D eigenvalue weighted by Gasteiger charge is -2.34. The first-order valence-electron chi connectivity index (χ1n) is 15.7. The number of rotatable bonds is 11. The number of halogens is 4. The van der Waals surface area contributed by atoms with E-state index in [1.807, 2.05) is 0 Å². The van der Waals surface area contributed by atoms with E-state index in [4.69, 9.17) is 9.61 Å². The fourth-order valence-electron chi connectivity index (χ4n) is 6.78. The number of hydrogen-bond donors (Lipinski definition) is 3. The van der Waals surface area contributed by atoms with Gasteiger partial charge in [-0.05, 0) is 79.0 Å². The molecule has 3 atom stereocenters. The molecular weight excluding hydrogens is 598 g/mol. The lowest BCUT2D eigenvalue weighted by Crippen LogP contribution is -2.39. The summed E-state index contributed by atoms with van der Waals surface area (Å²) in [5.41, 5.74) is 1.47. The molecule has 3 N–H and O–H groups in total. The van der Waals surface area contributed by atoms with Gasteiger partial charge in [-0.2, -0.15) is 5.10 Å². The molecular formula is C30H35F4N7O4. The van der Waals surface area contributed by atoms with E-state index in [1.165, 1.54) is 4.52 Å². The van der Waals surface area contributed by atoms with Crippen molar-refractivity contribution in [3.05, 3.63) is 41.1 Å². The summed E-state index contributed by atoms with van der Waals surface area (Å²) in [6, 6.07) is 0.681. The van der Waals surface area contributed by atoms with Gasteiger partial charge in [0.05, 0.1) is 30.2 Å². The van der Waals surface area contributed by atoms with Crippen LogP contribution in [-0.2, 0) is 4.79 Å². The fourth-order valence-corrected chi connectivity index (χ4v) is 6.78. The molecule has 15 heteroatoms. The van der Waals surface area contributed by atoms with Crippen LogP contribution in [0.5, 0.6) is 0 Å². The molecule has 0 radical (unpaired) electrons. The van der Waals surface area contributed by atoms with Gasteiger partial charge < -0.3 is 15.7 Å². The van der Waals surface area contributed by atoms with Gasteiger partial charge >= 0.3 is 0 Å². The first kappa shape index (κ1) is 30.1. The Morgan fingerprint density at radius 2 is 1.64 bits per heavy atom. The molecule has 0 aliphatic heterocycles. The minimum absolute atomic E-state index is 0.0225. The summed E-state index contributed by atoms with van der Waals surface area (Å²) >= 11 is 0. The molecule has 0 spiro atoms. The van der Waals surface area contributed by atoms with E-state index in [0.717, 1.165) is 31.2 Å². The Balaban J connectivity index is 1.12. The van der Waals surface area contributed by atoms with E-state index >= 15 is 0 Å². The van der Waals surface area contributed by atoms with Crippen molar-refractivity contribution in [3.8, 4) is 0 Å². The lowest BCUT2D eigenvalue weighted by molar-refractivity contribution is -0.134. The standard InChI is InChI=1S/C30H35F4N7O4/c31-29(32)7-5-17(6-8-29)24(38-28(44)26-25(39-45-40-26)27(43)18-3-4-18)20-14-41-21(36-20)10-19(13-35-41)23(16-1-2-16)37-22(42)9-15-11-30(33,34)12-15/h10,13-18,23-24,27,43H,1-9,11-12H2,(H,37,42)(H,38,44)/t23-,24?,27-/m1/s1. The average Bonchev–Trinajstić information content (AvgIpc) is 3.91. The van der Waals surface area contributed by atoms with Crippen molar-refractivity contribution in [2.75, 3.05) is 0 Å². The largest absolute Gasteiger partial charge is 0.386 e. The second kappa shape index (κ2) is 11.3. The predicted molar refractivity (Wildman–Crippen MR) is 148 cm³/mol. The highest BCUT2D eigenvalue weighted by molar-refractivity contribution is 5.93. The summed E-state index contributed by atoms with van der Waals surface area (Å²) in [5, 5.41) is 28.5. The molecule has 0 saturated heterocycles. The highest BCUT2D eigenvalue weighted by Crippen LogP contribution is 2.46. The number of carbonyl (C=O) groups excluding carboxylic acids is 2. The van der Waals surface area contributed by atoms with Crippen molar-refractivity contribution >= 4 is 17.5 Å². The van der Waals surface area contributed by atoms with Crippen molar-refractivity contribution in [2.24, 2.45) is 23.7 Å². The number of hydrogen-bond acceptors (Lipinski definition) is 8. The third kappa shape index (κ3) is 6.54. The molecule has 0 bridgehead atoms. The molecule has 3 aromatic heterocycles. The monoisotopic (exact) mass is 633 g/mol. The van der Waals surface area contributed by atoms with Gasteiger partial charge in [0.25, 0.3) is 5.91 Å². The number of aliphatic hydroxyl groups is 1. The first-order chi connectivity index (χ1) is 21.4. The third-order valence-electron chi connectivity index (χ3n) is 9.69. The maximum absolute atomic E-state index is 14.1. The van der Waals surface area contributed by atoms with Gasteiger partial charge in [0.15, 0.2) is 11.3 Å². The Bertz CT molecular complexity index is 1570. The molecule has 3 aromatic rings. The van der Waals surface area contributed by atoms with E-state index < -0.39 is 29.9 Å². The van der Waals surface area contributed by atoms with Crippen molar-refractivity contribution in [1.82, 2.24) is 35.5 Å². The lowest BCUT2D eigenvalue weighted by atomic mass is 9.79. The Kier molecular flexibility index (Phi) is 7.56. The van der Waals surface area contributed by atoms with Gasteiger partial charge in [0.1, 0.15) is 11.8 Å². The topological polar surface area (TPSA) is 148 Å². The molecule has 3 heterocycles. The number of aliphatic hydroxyl groups excluding tert-OH is 1. The molecule has 4 aliphatic rings. The summed E-state index contributed by atoms with van der Waals surface area (Å²) in [6.07, 6.45) is 4.86. The number of fused-ring (bicyclic) bond motifs is 1. The molecule has 4 aliphatic carbocycles. The van der Waals surface area contributed by atoms with Crippen LogP contribution in [-0.4, -0.2) is 53.7 Å². The number of carbonyl (C=O) groups is 2. The van der Waals surface area contributed by atoms with Crippen LogP contribution in [0.25, 0.3) is 5.65 Å². The molecule has 45 heavy (non-hydrogen) atoms. The van der Waals surface area contributed by atoms with Crippen LogP contribution in [0.3, 0.4) is 0 Å². The van der Waals surface area contributed by atoms with Crippen molar-refractivity contribution in [3.63, 3.8) is 0 Å². The first-order valence-corrected chi connectivity index (χ1v) is 15.7. The number of aromatic nitrogens is 5. The molecule has 1 unspecified atom stereocenters. The normalized spacial score (nSPS) is 23.7. The zero-order chi connectivity index (χ0) is 31.5. The Hall–Kier alpha value is -3.62. The Morgan fingerprint density at radius 3 is 2.31 bits per heavy atom. The van der Waals surface area contributed by atoms with Gasteiger partial charge in [-0.3, -0.25) is 9.59 Å². The van der Waals surface area contributed by atoms with Crippen molar-refractivity contribution in [1.29, 1.82) is 0 Å². The zero-order valence-corrected chi connectivity index (χ0v) is 24.5. The number of imidazole rings is 1. The van der Waals surface area contributed by atoms with Crippen LogP contribution in [0.15, 0.2) is 23.1 Å². The van der Waals surface area contributed by atoms with E-state index in [1.54, 1.807) is 18.5 Å². The van der Waals surface area contributed by atoms with Crippen LogP contribution < -0.4 is 10.6 Å². The van der Waals surface area contributed by atoms with Gasteiger partial charge in [0.2, 0.25) is 17.8 Å². The second-order valence-corrected chi connectivity index (χ2v) is 13.4. The third-order valence-corrected chi connectivity index (χ3v) is 9.69.